The van der Waals surface area contributed by atoms with E-state index in [0.717, 1.165) is 0 Å². The van der Waals surface area contributed by atoms with Crippen molar-refractivity contribution in [1.29, 1.82) is 0 Å². The molecule has 1 amide bonds. The van der Waals surface area contributed by atoms with Crippen molar-refractivity contribution in [2.75, 3.05) is 5.32 Å². The smallest absolute Gasteiger partial charge is 0.322 e. The van der Waals surface area contributed by atoms with Crippen LogP contribution in [0.2, 0.25) is 0 Å². The first kappa shape index (κ1) is 14.4. The molecule has 0 saturated heterocycles. The fraction of sp³-hybridized carbons (Fsp3) is 0.167. The Morgan fingerprint density at radius 2 is 1.95 bits per heavy atom. The topological polar surface area (TPSA) is 57.8 Å². The van der Waals surface area contributed by atoms with Crippen LogP contribution in [-0.2, 0) is 0 Å². The maximum absolute atomic E-state index is 12.2. The van der Waals surface area contributed by atoms with Crippen LogP contribution < -0.4 is 5.32 Å². The minimum atomic E-state index is -4.32. The molecule has 1 heterocycles. The minimum absolute atomic E-state index is 0.0648. The van der Waals surface area contributed by atoms with Crippen LogP contribution in [0.4, 0.5) is 18.9 Å². The molecule has 0 aliphatic carbocycles. The van der Waals surface area contributed by atoms with E-state index < -0.39 is 5.51 Å². The Morgan fingerprint density at radius 3 is 2.45 bits per heavy atom. The molecular weight excluding hydrogens is 291 g/mol. The zero-order valence-electron chi connectivity index (χ0n) is 10.3. The summed E-state index contributed by atoms with van der Waals surface area (Å²) in [6.45, 7) is 1.70. The molecule has 1 aromatic carbocycles. The lowest BCUT2D eigenvalue weighted by molar-refractivity contribution is -0.0328. The molecule has 8 heteroatoms. The number of H-pyrrole nitrogens is 1. The van der Waals surface area contributed by atoms with Crippen molar-refractivity contribution in [2.24, 2.45) is 0 Å². The van der Waals surface area contributed by atoms with Gasteiger partial charge in [0.2, 0.25) is 0 Å². The number of carbonyl (C=O) groups excluding carboxylic acids is 1. The van der Waals surface area contributed by atoms with Crippen molar-refractivity contribution < 1.29 is 18.0 Å². The van der Waals surface area contributed by atoms with Gasteiger partial charge in [0.25, 0.3) is 5.91 Å². The first-order valence-electron chi connectivity index (χ1n) is 5.52. The second-order valence-electron chi connectivity index (χ2n) is 3.93. The largest absolute Gasteiger partial charge is 0.446 e. The van der Waals surface area contributed by atoms with Gasteiger partial charge in [0.15, 0.2) is 0 Å². The van der Waals surface area contributed by atoms with E-state index in [1.165, 1.54) is 30.5 Å². The first-order chi connectivity index (χ1) is 9.35. The maximum atomic E-state index is 12.2. The van der Waals surface area contributed by atoms with Crippen molar-refractivity contribution in [1.82, 2.24) is 10.2 Å². The minimum Gasteiger partial charge on any atom is -0.322 e. The molecule has 4 nitrogen and oxygen atoms in total. The fourth-order valence-electron chi connectivity index (χ4n) is 1.52. The van der Waals surface area contributed by atoms with Gasteiger partial charge in [-0.1, -0.05) is 0 Å². The summed E-state index contributed by atoms with van der Waals surface area (Å²) in [5.41, 5.74) is -2.90. The van der Waals surface area contributed by atoms with Gasteiger partial charge >= 0.3 is 5.51 Å². The van der Waals surface area contributed by atoms with Gasteiger partial charge in [0.05, 0.1) is 11.8 Å². The number of amides is 1. The normalized spacial score (nSPS) is 11.4. The summed E-state index contributed by atoms with van der Waals surface area (Å²) in [5.74, 6) is -0.368. The molecule has 2 N–H and O–H groups in total. The van der Waals surface area contributed by atoms with Gasteiger partial charge in [-0.05, 0) is 43.0 Å². The van der Waals surface area contributed by atoms with Gasteiger partial charge in [0, 0.05) is 16.3 Å². The standard InChI is InChI=1S/C12H10F3N3OS/c1-7-10(6-16-18-7)11(19)17-8-2-4-9(5-3-8)20-12(13,14)15/h2-6H,1H3,(H,16,18)(H,17,19). The van der Waals surface area contributed by atoms with E-state index in [2.05, 4.69) is 15.5 Å². The molecule has 0 unspecified atom stereocenters. The van der Waals surface area contributed by atoms with Crippen LogP contribution in [0.5, 0.6) is 0 Å². The summed E-state index contributed by atoms with van der Waals surface area (Å²) in [6, 6.07) is 5.44. The van der Waals surface area contributed by atoms with E-state index in [1.54, 1.807) is 6.92 Å². The average molecular weight is 301 g/mol. The SMILES string of the molecule is Cc1[nH]ncc1C(=O)Nc1ccc(SC(F)(F)F)cc1. The number of anilines is 1. The van der Waals surface area contributed by atoms with Gasteiger partial charge < -0.3 is 5.32 Å². The number of rotatable bonds is 3. The molecular formula is C12H10F3N3OS. The Hall–Kier alpha value is -1.96. The van der Waals surface area contributed by atoms with E-state index in [4.69, 9.17) is 0 Å². The Balaban J connectivity index is 2.04. The van der Waals surface area contributed by atoms with E-state index >= 15 is 0 Å². The Morgan fingerprint density at radius 1 is 1.30 bits per heavy atom. The lowest BCUT2D eigenvalue weighted by Crippen LogP contribution is -2.12. The monoisotopic (exact) mass is 301 g/mol. The van der Waals surface area contributed by atoms with Crippen molar-refractivity contribution in [3.63, 3.8) is 0 Å². The highest BCUT2D eigenvalue weighted by molar-refractivity contribution is 8.00. The van der Waals surface area contributed by atoms with Crippen LogP contribution in [-0.4, -0.2) is 21.6 Å². The number of alkyl halides is 3. The summed E-state index contributed by atoms with van der Waals surface area (Å²) in [5, 5.41) is 8.94. The molecule has 0 fully saturated rings. The van der Waals surface area contributed by atoms with Crippen LogP contribution >= 0.6 is 11.8 Å². The molecule has 2 aromatic rings. The van der Waals surface area contributed by atoms with Gasteiger partial charge in [-0.15, -0.1) is 0 Å². The number of halogens is 3. The molecule has 0 saturated carbocycles. The quantitative estimate of drug-likeness (QED) is 0.852. The van der Waals surface area contributed by atoms with Gasteiger partial charge in [-0.2, -0.15) is 18.3 Å². The van der Waals surface area contributed by atoms with Crippen LogP contribution in [0, 0.1) is 6.92 Å². The number of nitrogens with one attached hydrogen (secondary N) is 2. The molecule has 0 aliphatic rings. The zero-order valence-corrected chi connectivity index (χ0v) is 11.1. The number of carbonyl (C=O) groups is 1. The number of hydrogen-bond acceptors (Lipinski definition) is 3. The van der Waals surface area contributed by atoms with E-state index in [0.29, 0.717) is 16.9 Å². The Labute approximate surface area is 116 Å². The van der Waals surface area contributed by atoms with Crippen LogP contribution in [0.1, 0.15) is 16.1 Å². The third-order valence-electron chi connectivity index (χ3n) is 2.42. The average Bonchev–Trinajstić information content (AvgIpc) is 2.76. The number of thioether (sulfide) groups is 1. The first-order valence-corrected chi connectivity index (χ1v) is 6.34. The number of aromatic amines is 1. The van der Waals surface area contributed by atoms with Crippen molar-refractivity contribution >= 4 is 23.4 Å². The fourth-order valence-corrected chi connectivity index (χ4v) is 2.06. The molecule has 2 rings (SSSR count). The van der Waals surface area contributed by atoms with Crippen molar-refractivity contribution in [3.8, 4) is 0 Å². The third kappa shape index (κ3) is 3.77. The highest BCUT2D eigenvalue weighted by Crippen LogP contribution is 2.37. The van der Waals surface area contributed by atoms with Crippen molar-refractivity contribution in [3.05, 3.63) is 41.7 Å². The summed E-state index contributed by atoms with van der Waals surface area (Å²) in [6.07, 6.45) is 1.39. The predicted octanol–water partition coefficient (Wildman–Crippen LogP) is 3.58. The lowest BCUT2D eigenvalue weighted by atomic mass is 10.2. The van der Waals surface area contributed by atoms with Gasteiger partial charge in [-0.25, -0.2) is 0 Å². The Bertz CT molecular complexity index is 607. The number of hydrogen-bond donors (Lipinski definition) is 2. The van der Waals surface area contributed by atoms with E-state index in [1.807, 2.05) is 0 Å². The maximum Gasteiger partial charge on any atom is 0.446 e. The lowest BCUT2D eigenvalue weighted by Gasteiger charge is -2.07. The van der Waals surface area contributed by atoms with Gasteiger partial charge in [0.1, 0.15) is 0 Å². The van der Waals surface area contributed by atoms with E-state index in [9.17, 15) is 18.0 Å². The zero-order chi connectivity index (χ0) is 14.8. The molecule has 20 heavy (non-hydrogen) atoms. The van der Waals surface area contributed by atoms with Crippen molar-refractivity contribution in [2.45, 2.75) is 17.3 Å². The third-order valence-corrected chi connectivity index (χ3v) is 3.16. The highest BCUT2D eigenvalue weighted by atomic mass is 32.2. The molecule has 106 valence electrons. The number of benzene rings is 1. The highest BCUT2D eigenvalue weighted by Gasteiger charge is 2.29. The van der Waals surface area contributed by atoms with E-state index in [-0.39, 0.29) is 22.6 Å². The molecule has 0 bridgehead atoms. The van der Waals surface area contributed by atoms with Crippen LogP contribution in [0.15, 0.2) is 35.4 Å². The van der Waals surface area contributed by atoms with Crippen LogP contribution in [0.25, 0.3) is 0 Å². The molecule has 1 aromatic heterocycles. The molecule has 0 spiro atoms. The molecule has 0 atom stereocenters. The molecule has 0 radical (unpaired) electrons. The second kappa shape index (κ2) is 5.58. The predicted molar refractivity (Wildman–Crippen MR) is 69.6 cm³/mol. The van der Waals surface area contributed by atoms with Gasteiger partial charge in [-0.3, -0.25) is 9.89 Å². The summed E-state index contributed by atoms with van der Waals surface area (Å²) >= 11 is -0.199. The number of nitrogens with zero attached hydrogens (tertiary/aromatic N) is 1. The number of aryl methyl sites for hydroxylation is 1. The van der Waals surface area contributed by atoms with Crippen LogP contribution in [0.3, 0.4) is 0 Å². The molecule has 0 aliphatic heterocycles. The number of aromatic nitrogens is 2. The second-order valence-corrected chi connectivity index (χ2v) is 5.07. The Kier molecular flexibility index (Phi) is 4.03. The summed E-state index contributed by atoms with van der Waals surface area (Å²) < 4.78 is 36.5. The summed E-state index contributed by atoms with van der Waals surface area (Å²) in [4.78, 5) is 11.9. The summed E-state index contributed by atoms with van der Waals surface area (Å²) in [7, 11) is 0.